The standard InChI is InChI=1S/C14H13N3O2S/c1-9-6-10(2-3-12(9)15)13(18)19-8-11-7-17-4-5-20-14(17)16-11/h2-7H,8,15H2,1H3. The quantitative estimate of drug-likeness (QED) is 0.594. The molecule has 1 aromatic carbocycles. The molecule has 0 radical (unpaired) electrons. The molecule has 20 heavy (non-hydrogen) atoms. The van der Waals surface area contributed by atoms with E-state index >= 15 is 0 Å². The van der Waals surface area contributed by atoms with Crippen LogP contribution in [0.25, 0.3) is 4.96 Å². The summed E-state index contributed by atoms with van der Waals surface area (Å²) in [6, 6.07) is 5.10. The van der Waals surface area contributed by atoms with Gasteiger partial charge in [-0.15, -0.1) is 11.3 Å². The van der Waals surface area contributed by atoms with E-state index in [1.165, 1.54) is 11.3 Å². The summed E-state index contributed by atoms with van der Waals surface area (Å²) in [7, 11) is 0. The van der Waals surface area contributed by atoms with Crippen LogP contribution in [-0.2, 0) is 11.3 Å². The zero-order chi connectivity index (χ0) is 14.1. The average molecular weight is 287 g/mol. The number of ether oxygens (including phenoxy) is 1. The minimum absolute atomic E-state index is 0.163. The van der Waals surface area contributed by atoms with Gasteiger partial charge in [-0.05, 0) is 30.7 Å². The Morgan fingerprint density at radius 3 is 3.10 bits per heavy atom. The van der Waals surface area contributed by atoms with Gasteiger partial charge in [0, 0.05) is 23.5 Å². The van der Waals surface area contributed by atoms with Gasteiger partial charge in [0.2, 0.25) is 0 Å². The molecule has 0 bridgehead atoms. The second-order valence-corrected chi connectivity index (χ2v) is 5.35. The Labute approximate surface area is 119 Å². The van der Waals surface area contributed by atoms with Crippen LogP contribution in [-0.4, -0.2) is 15.4 Å². The first-order valence-corrected chi connectivity index (χ1v) is 6.96. The van der Waals surface area contributed by atoms with Crippen LogP contribution in [0.1, 0.15) is 21.6 Å². The van der Waals surface area contributed by atoms with Gasteiger partial charge in [-0.1, -0.05) is 0 Å². The van der Waals surface area contributed by atoms with Crippen LogP contribution in [0.5, 0.6) is 0 Å². The highest BCUT2D eigenvalue weighted by atomic mass is 32.1. The number of fused-ring (bicyclic) bond motifs is 1. The lowest BCUT2D eigenvalue weighted by Crippen LogP contribution is -2.06. The molecule has 0 unspecified atom stereocenters. The van der Waals surface area contributed by atoms with Gasteiger partial charge < -0.3 is 10.5 Å². The zero-order valence-corrected chi connectivity index (χ0v) is 11.7. The van der Waals surface area contributed by atoms with Crippen molar-refractivity contribution in [3.8, 4) is 0 Å². The number of aryl methyl sites for hydroxylation is 1. The van der Waals surface area contributed by atoms with Crippen LogP contribution in [0, 0.1) is 6.92 Å². The van der Waals surface area contributed by atoms with Crippen LogP contribution >= 0.6 is 11.3 Å². The summed E-state index contributed by atoms with van der Waals surface area (Å²) in [6.07, 6.45) is 3.77. The number of carbonyl (C=O) groups excluding carboxylic acids is 1. The Bertz CT molecular complexity index is 747. The van der Waals surface area contributed by atoms with E-state index in [4.69, 9.17) is 10.5 Å². The summed E-state index contributed by atoms with van der Waals surface area (Å²) in [5.74, 6) is -0.371. The molecule has 2 N–H and O–H groups in total. The van der Waals surface area contributed by atoms with E-state index in [0.717, 1.165) is 16.2 Å². The van der Waals surface area contributed by atoms with Gasteiger partial charge in [-0.3, -0.25) is 4.40 Å². The molecule has 102 valence electrons. The molecule has 0 saturated heterocycles. The van der Waals surface area contributed by atoms with E-state index in [0.29, 0.717) is 11.3 Å². The molecule has 0 aliphatic carbocycles. The lowest BCUT2D eigenvalue weighted by Gasteiger charge is -2.05. The molecule has 0 spiro atoms. The summed E-state index contributed by atoms with van der Waals surface area (Å²) < 4.78 is 7.16. The molecule has 6 heteroatoms. The van der Waals surface area contributed by atoms with Crippen molar-refractivity contribution in [1.29, 1.82) is 0 Å². The van der Waals surface area contributed by atoms with Gasteiger partial charge in [0.05, 0.1) is 11.3 Å². The number of esters is 1. The van der Waals surface area contributed by atoms with Crippen molar-refractivity contribution in [2.75, 3.05) is 5.73 Å². The predicted octanol–water partition coefficient (Wildman–Crippen LogP) is 2.64. The first-order valence-electron chi connectivity index (χ1n) is 6.08. The maximum absolute atomic E-state index is 11.9. The van der Waals surface area contributed by atoms with Crippen LogP contribution in [0.15, 0.2) is 36.0 Å². The van der Waals surface area contributed by atoms with E-state index in [-0.39, 0.29) is 12.6 Å². The Hall–Kier alpha value is -2.34. The predicted molar refractivity (Wildman–Crippen MR) is 77.8 cm³/mol. The number of nitrogens with zero attached hydrogens (tertiary/aromatic N) is 2. The molecular weight excluding hydrogens is 274 g/mol. The van der Waals surface area contributed by atoms with Crippen molar-refractivity contribution in [3.05, 3.63) is 52.8 Å². The second kappa shape index (κ2) is 4.97. The molecule has 0 aliphatic heterocycles. The molecule has 2 heterocycles. The highest BCUT2D eigenvalue weighted by Crippen LogP contribution is 2.15. The second-order valence-electron chi connectivity index (χ2n) is 4.47. The molecular formula is C14H13N3O2S. The summed E-state index contributed by atoms with van der Waals surface area (Å²) in [4.78, 5) is 17.2. The number of benzene rings is 1. The van der Waals surface area contributed by atoms with Crippen molar-refractivity contribution < 1.29 is 9.53 Å². The monoisotopic (exact) mass is 287 g/mol. The molecule has 0 atom stereocenters. The van der Waals surface area contributed by atoms with Crippen molar-refractivity contribution in [3.63, 3.8) is 0 Å². The van der Waals surface area contributed by atoms with Crippen LogP contribution in [0.4, 0.5) is 5.69 Å². The molecule has 0 aliphatic rings. The van der Waals surface area contributed by atoms with Crippen molar-refractivity contribution >= 4 is 28.0 Å². The molecule has 0 amide bonds. The van der Waals surface area contributed by atoms with Crippen LogP contribution in [0.3, 0.4) is 0 Å². The van der Waals surface area contributed by atoms with E-state index < -0.39 is 0 Å². The van der Waals surface area contributed by atoms with Gasteiger partial charge in [0.1, 0.15) is 6.61 Å². The third kappa shape index (κ3) is 2.37. The highest BCUT2D eigenvalue weighted by Gasteiger charge is 2.10. The van der Waals surface area contributed by atoms with Crippen molar-refractivity contribution in [1.82, 2.24) is 9.38 Å². The number of hydrogen-bond donors (Lipinski definition) is 1. The van der Waals surface area contributed by atoms with Gasteiger partial charge >= 0.3 is 5.97 Å². The van der Waals surface area contributed by atoms with E-state index in [1.54, 1.807) is 18.2 Å². The minimum Gasteiger partial charge on any atom is -0.456 e. The number of thiazole rings is 1. The SMILES string of the molecule is Cc1cc(C(=O)OCc2cn3ccsc3n2)ccc1N. The highest BCUT2D eigenvalue weighted by molar-refractivity contribution is 7.15. The fraction of sp³-hybridized carbons (Fsp3) is 0.143. The van der Waals surface area contributed by atoms with E-state index in [9.17, 15) is 4.79 Å². The van der Waals surface area contributed by atoms with Gasteiger partial charge in [0.25, 0.3) is 0 Å². The van der Waals surface area contributed by atoms with Gasteiger partial charge in [0.15, 0.2) is 4.96 Å². The fourth-order valence-corrected chi connectivity index (χ4v) is 2.59. The smallest absolute Gasteiger partial charge is 0.338 e. The van der Waals surface area contributed by atoms with Gasteiger partial charge in [-0.2, -0.15) is 0 Å². The summed E-state index contributed by atoms with van der Waals surface area (Å²) in [5.41, 5.74) is 8.48. The number of nitrogen functional groups attached to an aromatic ring is 1. The molecule has 3 rings (SSSR count). The normalized spacial score (nSPS) is 10.8. The number of carbonyl (C=O) groups is 1. The Balaban J connectivity index is 1.69. The lowest BCUT2D eigenvalue weighted by molar-refractivity contribution is 0.0468. The van der Waals surface area contributed by atoms with Gasteiger partial charge in [-0.25, -0.2) is 9.78 Å². The molecule has 3 aromatic rings. The zero-order valence-electron chi connectivity index (χ0n) is 10.9. The van der Waals surface area contributed by atoms with Crippen LogP contribution in [0.2, 0.25) is 0 Å². The Kier molecular flexibility index (Phi) is 3.15. The van der Waals surface area contributed by atoms with Crippen molar-refractivity contribution in [2.24, 2.45) is 0 Å². The summed E-state index contributed by atoms with van der Waals surface area (Å²) >= 11 is 1.54. The van der Waals surface area contributed by atoms with Crippen molar-refractivity contribution in [2.45, 2.75) is 13.5 Å². The molecule has 0 saturated carbocycles. The molecule has 5 nitrogen and oxygen atoms in total. The Morgan fingerprint density at radius 1 is 1.50 bits per heavy atom. The maximum atomic E-state index is 11.9. The minimum atomic E-state index is -0.371. The number of aromatic nitrogens is 2. The van der Waals surface area contributed by atoms with Crippen LogP contribution < -0.4 is 5.73 Å². The summed E-state index contributed by atoms with van der Waals surface area (Å²) in [5, 5.41) is 1.95. The third-order valence-electron chi connectivity index (χ3n) is 3.00. The average Bonchev–Trinajstić information content (AvgIpc) is 3.00. The number of nitrogens with two attached hydrogens (primary N) is 1. The number of hydrogen-bond acceptors (Lipinski definition) is 5. The third-order valence-corrected chi connectivity index (χ3v) is 3.77. The first kappa shape index (κ1) is 12.7. The summed E-state index contributed by atoms with van der Waals surface area (Å²) in [6.45, 7) is 2.02. The fourth-order valence-electron chi connectivity index (χ4n) is 1.87. The maximum Gasteiger partial charge on any atom is 0.338 e. The molecule has 0 fully saturated rings. The van der Waals surface area contributed by atoms with E-state index in [1.807, 2.05) is 29.1 Å². The topological polar surface area (TPSA) is 69.6 Å². The molecule has 2 aromatic heterocycles. The lowest BCUT2D eigenvalue weighted by atomic mass is 10.1. The number of rotatable bonds is 3. The first-order chi connectivity index (χ1) is 9.63. The Morgan fingerprint density at radius 2 is 2.35 bits per heavy atom. The largest absolute Gasteiger partial charge is 0.456 e. The number of anilines is 1. The number of imidazole rings is 1. The van der Waals surface area contributed by atoms with E-state index in [2.05, 4.69) is 4.98 Å².